The van der Waals surface area contributed by atoms with Crippen molar-refractivity contribution in [3.05, 3.63) is 34.9 Å². The molecule has 0 spiro atoms. The van der Waals surface area contributed by atoms with Crippen LogP contribution in [0.4, 0.5) is 0 Å². The van der Waals surface area contributed by atoms with Crippen molar-refractivity contribution in [2.24, 2.45) is 0 Å². The molecule has 0 heterocycles. The molecule has 0 bridgehead atoms. The summed E-state index contributed by atoms with van der Waals surface area (Å²) in [5.41, 5.74) is 0.938. The average molecular weight is 227 g/mol. The topological polar surface area (TPSA) is 26.3 Å². The number of ether oxygens (including phenoxy) is 1. The Morgan fingerprint density at radius 3 is 2.93 bits per heavy atom. The van der Waals surface area contributed by atoms with Crippen molar-refractivity contribution in [3.8, 4) is 0 Å². The van der Waals surface area contributed by atoms with Crippen molar-refractivity contribution in [3.63, 3.8) is 0 Å². The van der Waals surface area contributed by atoms with Crippen LogP contribution in [0.2, 0.25) is 5.02 Å². The normalized spacial score (nSPS) is 10.3. The monoisotopic (exact) mass is 226 g/mol. The lowest BCUT2D eigenvalue weighted by Crippen LogP contribution is -2.11. The number of rotatable bonds is 6. The molecule has 2 nitrogen and oxygen atoms in total. The molecule has 0 N–H and O–H groups in total. The first-order valence-electron chi connectivity index (χ1n) is 5.06. The summed E-state index contributed by atoms with van der Waals surface area (Å²) in [4.78, 5) is 11.4. The molecule has 0 aliphatic heterocycles. The molecule has 82 valence electrons. The maximum Gasteiger partial charge on any atom is 0.162 e. The van der Waals surface area contributed by atoms with Gasteiger partial charge in [-0.25, -0.2) is 0 Å². The Hall–Kier alpha value is -0.860. The summed E-state index contributed by atoms with van der Waals surface area (Å²) in [6.07, 6.45) is 1.33. The molecule has 0 saturated heterocycles. The second-order valence-corrected chi connectivity index (χ2v) is 3.83. The molecule has 15 heavy (non-hydrogen) atoms. The fourth-order valence-electron chi connectivity index (χ4n) is 1.26. The number of halogens is 1. The highest BCUT2D eigenvalue weighted by molar-refractivity contribution is 6.30. The molecular weight excluding hydrogens is 212 g/mol. The van der Waals surface area contributed by atoms with Gasteiger partial charge < -0.3 is 4.74 Å². The Kier molecular flexibility index (Phi) is 5.37. The van der Waals surface area contributed by atoms with Crippen molar-refractivity contribution in [2.45, 2.75) is 19.8 Å². The van der Waals surface area contributed by atoms with Gasteiger partial charge in [0.15, 0.2) is 5.78 Å². The van der Waals surface area contributed by atoms with Gasteiger partial charge in [0.05, 0.1) is 0 Å². The second kappa shape index (κ2) is 6.59. The summed E-state index contributed by atoms with van der Waals surface area (Å²) in [6, 6.07) is 7.34. The van der Waals surface area contributed by atoms with Gasteiger partial charge in [-0.05, 0) is 24.1 Å². The highest BCUT2D eigenvalue weighted by Crippen LogP contribution is 2.11. The first-order valence-corrected chi connectivity index (χ1v) is 5.44. The highest BCUT2D eigenvalue weighted by Gasteiger charge is 2.03. The van der Waals surface area contributed by atoms with Crippen LogP contribution in [0.25, 0.3) is 0 Å². The van der Waals surface area contributed by atoms with Crippen LogP contribution in [-0.4, -0.2) is 19.0 Å². The maximum absolute atomic E-state index is 11.4. The predicted octanol–water partition coefficient (Wildman–Crippen LogP) is 2.88. The quantitative estimate of drug-likeness (QED) is 0.698. The fourth-order valence-corrected chi connectivity index (χ4v) is 1.47. The summed E-state index contributed by atoms with van der Waals surface area (Å²) in [5, 5.41) is 0.662. The predicted molar refractivity (Wildman–Crippen MR) is 61.3 cm³/mol. The van der Waals surface area contributed by atoms with E-state index in [0.29, 0.717) is 18.1 Å². The van der Waals surface area contributed by atoms with Crippen molar-refractivity contribution in [1.29, 1.82) is 0 Å². The third-order valence-corrected chi connectivity index (χ3v) is 2.14. The van der Waals surface area contributed by atoms with Crippen LogP contribution < -0.4 is 0 Å². The van der Waals surface area contributed by atoms with Crippen LogP contribution in [0.15, 0.2) is 24.3 Å². The van der Waals surface area contributed by atoms with E-state index in [1.165, 1.54) is 0 Å². The van der Waals surface area contributed by atoms with Crippen LogP contribution in [-0.2, 0) is 16.0 Å². The molecular formula is C12H15ClO2. The Morgan fingerprint density at radius 1 is 1.47 bits per heavy atom. The third-order valence-electron chi connectivity index (χ3n) is 1.90. The van der Waals surface area contributed by atoms with Gasteiger partial charge in [-0.15, -0.1) is 0 Å². The minimum absolute atomic E-state index is 0.0886. The van der Waals surface area contributed by atoms with Gasteiger partial charge in [-0.3, -0.25) is 4.79 Å². The second-order valence-electron chi connectivity index (χ2n) is 3.40. The molecule has 0 amide bonds. The zero-order valence-corrected chi connectivity index (χ0v) is 9.59. The van der Waals surface area contributed by atoms with Crippen LogP contribution >= 0.6 is 11.6 Å². The molecule has 0 saturated carbocycles. The number of benzene rings is 1. The fraction of sp³-hybridized carbons (Fsp3) is 0.417. The zero-order valence-electron chi connectivity index (χ0n) is 8.83. The van der Waals surface area contributed by atoms with Crippen molar-refractivity contribution < 1.29 is 9.53 Å². The largest absolute Gasteiger partial charge is 0.374 e. The molecule has 0 aliphatic rings. The van der Waals surface area contributed by atoms with E-state index in [9.17, 15) is 4.79 Å². The van der Waals surface area contributed by atoms with Crippen molar-refractivity contribution in [2.75, 3.05) is 13.2 Å². The summed E-state index contributed by atoms with van der Waals surface area (Å²) >= 11 is 5.81. The van der Waals surface area contributed by atoms with E-state index < -0.39 is 0 Å². The van der Waals surface area contributed by atoms with E-state index in [-0.39, 0.29) is 12.4 Å². The first-order chi connectivity index (χ1) is 7.22. The Bertz CT molecular complexity index is 323. The number of hydrogen-bond donors (Lipinski definition) is 0. The molecule has 3 heteroatoms. The van der Waals surface area contributed by atoms with E-state index in [0.717, 1.165) is 12.0 Å². The lowest BCUT2D eigenvalue weighted by molar-refractivity contribution is -0.122. The molecule has 0 aromatic heterocycles. The molecule has 1 rings (SSSR count). The van der Waals surface area contributed by atoms with Gasteiger partial charge in [0.2, 0.25) is 0 Å². The summed E-state index contributed by atoms with van der Waals surface area (Å²) in [6.45, 7) is 2.85. The van der Waals surface area contributed by atoms with Crippen molar-refractivity contribution in [1.82, 2.24) is 0 Å². The molecule has 0 unspecified atom stereocenters. The van der Waals surface area contributed by atoms with E-state index in [1.807, 2.05) is 19.1 Å². The van der Waals surface area contributed by atoms with Crippen molar-refractivity contribution >= 4 is 17.4 Å². The van der Waals surface area contributed by atoms with Gasteiger partial charge >= 0.3 is 0 Å². The van der Waals surface area contributed by atoms with Gasteiger partial charge in [-0.2, -0.15) is 0 Å². The number of hydrogen-bond acceptors (Lipinski definition) is 2. The minimum Gasteiger partial charge on any atom is -0.374 e. The summed E-state index contributed by atoms with van der Waals surface area (Å²) in [5.74, 6) is 0.0886. The van der Waals surface area contributed by atoms with Gasteiger partial charge in [0.1, 0.15) is 6.61 Å². The lowest BCUT2D eigenvalue weighted by atomic mass is 10.1. The van der Waals surface area contributed by atoms with E-state index in [4.69, 9.17) is 16.3 Å². The standard InChI is InChI=1S/C12H15ClO2/c1-2-6-15-9-12(14)8-10-4-3-5-11(13)7-10/h3-5,7H,2,6,8-9H2,1H3. The third kappa shape index (κ3) is 4.96. The van der Waals surface area contributed by atoms with Crippen LogP contribution in [0.3, 0.4) is 0 Å². The molecule has 0 fully saturated rings. The number of carbonyl (C=O) groups excluding carboxylic acids is 1. The van der Waals surface area contributed by atoms with Crippen LogP contribution in [0, 0.1) is 0 Å². The van der Waals surface area contributed by atoms with E-state index >= 15 is 0 Å². The van der Waals surface area contributed by atoms with E-state index in [1.54, 1.807) is 12.1 Å². The Labute approximate surface area is 95.2 Å². The molecule has 0 atom stereocenters. The minimum atomic E-state index is 0.0886. The number of Topliss-reactive ketones (excluding diaryl/α,β-unsaturated/α-hetero) is 1. The Balaban J connectivity index is 2.37. The van der Waals surface area contributed by atoms with Gasteiger partial charge in [0, 0.05) is 18.1 Å². The zero-order chi connectivity index (χ0) is 11.1. The Morgan fingerprint density at radius 2 is 2.27 bits per heavy atom. The van der Waals surface area contributed by atoms with E-state index in [2.05, 4.69) is 0 Å². The summed E-state index contributed by atoms with van der Waals surface area (Å²) in [7, 11) is 0. The van der Waals surface area contributed by atoms with Crippen LogP contribution in [0.1, 0.15) is 18.9 Å². The lowest BCUT2D eigenvalue weighted by Gasteiger charge is -2.02. The number of ketones is 1. The molecule has 1 aromatic rings. The number of carbonyl (C=O) groups is 1. The molecule has 0 radical (unpaired) electrons. The average Bonchev–Trinajstić information content (AvgIpc) is 2.18. The van der Waals surface area contributed by atoms with Gasteiger partial charge in [0.25, 0.3) is 0 Å². The SMILES string of the molecule is CCCOCC(=O)Cc1cccc(Cl)c1. The van der Waals surface area contributed by atoms with Crippen LogP contribution in [0.5, 0.6) is 0 Å². The molecule has 0 aliphatic carbocycles. The highest BCUT2D eigenvalue weighted by atomic mass is 35.5. The molecule has 1 aromatic carbocycles. The first kappa shape index (κ1) is 12.2. The smallest absolute Gasteiger partial charge is 0.162 e. The van der Waals surface area contributed by atoms with Gasteiger partial charge in [-0.1, -0.05) is 30.7 Å². The maximum atomic E-state index is 11.4. The summed E-state index contributed by atoms with van der Waals surface area (Å²) < 4.78 is 5.16.